The average Bonchev–Trinajstić information content (AvgIpc) is 3.36. The van der Waals surface area contributed by atoms with Crippen molar-refractivity contribution in [2.24, 2.45) is 0 Å². The highest BCUT2D eigenvalue weighted by Gasteiger charge is 2.30. The van der Waals surface area contributed by atoms with Crippen LogP contribution in [0.2, 0.25) is 0 Å². The van der Waals surface area contributed by atoms with Crippen molar-refractivity contribution in [1.29, 1.82) is 0 Å². The van der Waals surface area contributed by atoms with Gasteiger partial charge in [-0.2, -0.15) is 18.3 Å². The zero-order valence-electron chi connectivity index (χ0n) is 17.9. The lowest BCUT2D eigenvalue weighted by molar-refractivity contribution is -0.138. The van der Waals surface area contributed by atoms with Crippen LogP contribution < -0.4 is 0 Å². The van der Waals surface area contributed by atoms with Gasteiger partial charge in [0.05, 0.1) is 23.4 Å². The fraction of sp³-hybridized carbons (Fsp3) is 0.250. The molecule has 0 fully saturated rings. The molecule has 9 heteroatoms. The third-order valence-electron chi connectivity index (χ3n) is 5.19. The fourth-order valence-corrected chi connectivity index (χ4v) is 5.56. The van der Waals surface area contributed by atoms with E-state index in [0.717, 1.165) is 43.9 Å². The molecule has 0 saturated heterocycles. The zero-order chi connectivity index (χ0) is 23.8. The standard InChI is InChI=1S/C24H21F3N2O2S2/c1-14(2)23-16(11-29(28-23)18-5-3-17(4-6-18)24(25,26)27)13-32-19-7-8-20-15(9-22(30)31)12-33-21(20)10-19/h3-8,10-12,14H,9,13H2,1-2H3,(H,30,31). The number of aliphatic carboxylic acids is 1. The first-order chi connectivity index (χ1) is 15.6. The molecule has 33 heavy (non-hydrogen) atoms. The van der Waals surface area contributed by atoms with E-state index >= 15 is 0 Å². The average molecular weight is 491 g/mol. The van der Waals surface area contributed by atoms with E-state index in [2.05, 4.69) is 11.2 Å². The van der Waals surface area contributed by atoms with Crippen LogP contribution in [0.15, 0.2) is 58.9 Å². The van der Waals surface area contributed by atoms with Crippen LogP contribution in [-0.2, 0) is 23.1 Å². The minimum absolute atomic E-state index is 0.00731. The highest BCUT2D eigenvalue weighted by molar-refractivity contribution is 7.98. The normalized spacial score (nSPS) is 12.1. The van der Waals surface area contributed by atoms with E-state index in [1.807, 2.05) is 37.6 Å². The third-order valence-corrected chi connectivity index (χ3v) is 7.23. The summed E-state index contributed by atoms with van der Waals surface area (Å²) < 4.78 is 41.3. The highest BCUT2D eigenvalue weighted by atomic mass is 32.2. The summed E-state index contributed by atoms with van der Waals surface area (Å²) in [6.45, 7) is 4.07. The largest absolute Gasteiger partial charge is 0.481 e. The number of aromatic nitrogens is 2. The van der Waals surface area contributed by atoms with Crippen molar-refractivity contribution in [1.82, 2.24) is 9.78 Å². The monoisotopic (exact) mass is 490 g/mol. The molecule has 0 spiro atoms. The molecule has 0 aliphatic carbocycles. The number of benzene rings is 2. The van der Waals surface area contributed by atoms with Crippen molar-refractivity contribution >= 4 is 39.2 Å². The molecule has 4 aromatic rings. The second-order valence-electron chi connectivity index (χ2n) is 7.96. The smallest absolute Gasteiger partial charge is 0.416 e. The van der Waals surface area contributed by atoms with Gasteiger partial charge in [0.15, 0.2) is 0 Å². The van der Waals surface area contributed by atoms with Crippen LogP contribution in [0.5, 0.6) is 0 Å². The van der Waals surface area contributed by atoms with Gasteiger partial charge in [-0.1, -0.05) is 19.9 Å². The number of carbonyl (C=O) groups is 1. The summed E-state index contributed by atoms with van der Waals surface area (Å²) in [4.78, 5) is 12.1. The molecule has 2 aromatic heterocycles. The predicted octanol–water partition coefficient (Wildman–Crippen LogP) is 7.15. The molecule has 2 aromatic carbocycles. The van der Waals surface area contributed by atoms with Crippen molar-refractivity contribution in [3.05, 3.63) is 76.4 Å². The van der Waals surface area contributed by atoms with E-state index in [0.29, 0.717) is 11.4 Å². The number of carboxylic acids is 1. The molecule has 0 bridgehead atoms. The number of halogens is 3. The van der Waals surface area contributed by atoms with Crippen molar-refractivity contribution in [3.63, 3.8) is 0 Å². The Labute approximate surface area is 197 Å². The Bertz CT molecular complexity index is 1290. The topological polar surface area (TPSA) is 55.1 Å². The van der Waals surface area contributed by atoms with Crippen LogP contribution >= 0.6 is 23.1 Å². The molecule has 2 heterocycles. The third kappa shape index (κ3) is 5.25. The number of thiophene rings is 1. The number of rotatable bonds is 7. The summed E-state index contributed by atoms with van der Waals surface area (Å²) in [6.07, 6.45) is -2.49. The second-order valence-corrected chi connectivity index (χ2v) is 9.92. The zero-order valence-corrected chi connectivity index (χ0v) is 19.5. The van der Waals surface area contributed by atoms with Gasteiger partial charge in [0.1, 0.15) is 0 Å². The van der Waals surface area contributed by atoms with E-state index in [4.69, 9.17) is 5.11 Å². The Morgan fingerprint density at radius 3 is 2.52 bits per heavy atom. The van der Waals surface area contributed by atoms with Crippen LogP contribution in [0.3, 0.4) is 0 Å². The molecular formula is C24H21F3N2O2S2. The number of hydrogen-bond acceptors (Lipinski definition) is 4. The fourth-order valence-electron chi connectivity index (χ4n) is 3.57. The van der Waals surface area contributed by atoms with Crippen molar-refractivity contribution in [2.75, 3.05) is 0 Å². The van der Waals surface area contributed by atoms with Gasteiger partial charge in [-0.25, -0.2) is 4.68 Å². The molecule has 0 amide bonds. The molecule has 0 unspecified atom stereocenters. The van der Waals surface area contributed by atoms with E-state index in [-0.39, 0.29) is 12.3 Å². The number of hydrogen-bond donors (Lipinski definition) is 1. The van der Waals surface area contributed by atoms with Gasteiger partial charge in [-0.3, -0.25) is 4.79 Å². The molecule has 0 radical (unpaired) electrons. The summed E-state index contributed by atoms with van der Waals surface area (Å²) >= 11 is 3.18. The van der Waals surface area contributed by atoms with Crippen LogP contribution in [0.1, 0.15) is 42.1 Å². The second kappa shape index (κ2) is 9.23. The molecule has 0 aliphatic heterocycles. The quantitative estimate of drug-likeness (QED) is 0.280. The van der Waals surface area contributed by atoms with Crippen LogP contribution in [0.4, 0.5) is 13.2 Å². The summed E-state index contributed by atoms with van der Waals surface area (Å²) in [5, 5.41) is 16.5. The highest BCUT2D eigenvalue weighted by Crippen LogP contribution is 2.34. The lowest BCUT2D eigenvalue weighted by Crippen LogP contribution is -2.05. The minimum atomic E-state index is -4.37. The van der Waals surface area contributed by atoms with Gasteiger partial charge in [-0.15, -0.1) is 23.1 Å². The summed E-state index contributed by atoms with van der Waals surface area (Å²) in [5.74, 6) is -0.0263. The van der Waals surface area contributed by atoms with E-state index in [1.165, 1.54) is 23.5 Å². The maximum absolute atomic E-state index is 12.9. The van der Waals surface area contributed by atoms with Gasteiger partial charge in [-0.05, 0) is 58.6 Å². The molecule has 0 atom stereocenters. The minimum Gasteiger partial charge on any atom is -0.481 e. The lowest BCUT2D eigenvalue weighted by atomic mass is 10.1. The maximum Gasteiger partial charge on any atom is 0.416 e. The molecule has 4 rings (SSSR count). The Kier molecular flexibility index (Phi) is 6.54. The van der Waals surface area contributed by atoms with Gasteiger partial charge in [0, 0.05) is 27.1 Å². The summed E-state index contributed by atoms with van der Waals surface area (Å²) in [7, 11) is 0. The molecule has 172 valence electrons. The van der Waals surface area contributed by atoms with Crippen molar-refractivity contribution < 1.29 is 23.1 Å². The number of carboxylic acid groups (broad SMARTS) is 1. The van der Waals surface area contributed by atoms with Gasteiger partial charge < -0.3 is 5.11 Å². The molecule has 0 aliphatic rings. The summed E-state index contributed by atoms with van der Waals surface area (Å²) in [6, 6.07) is 11.0. The SMILES string of the molecule is CC(C)c1nn(-c2ccc(C(F)(F)F)cc2)cc1CSc1ccc2c(CC(=O)O)csc2c1. The van der Waals surface area contributed by atoms with E-state index in [9.17, 15) is 18.0 Å². The Hall–Kier alpha value is -2.78. The summed E-state index contributed by atoms with van der Waals surface area (Å²) in [5.41, 5.74) is 2.64. The molecule has 4 nitrogen and oxygen atoms in total. The Morgan fingerprint density at radius 2 is 1.88 bits per heavy atom. The molecule has 0 saturated carbocycles. The first kappa shape index (κ1) is 23.4. The van der Waals surface area contributed by atoms with Gasteiger partial charge in [0.2, 0.25) is 0 Å². The van der Waals surface area contributed by atoms with E-state index in [1.54, 1.807) is 16.4 Å². The van der Waals surface area contributed by atoms with Crippen LogP contribution in [-0.4, -0.2) is 20.9 Å². The van der Waals surface area contributed by atoms with Gasteiger partial charge in [0.25, 0.3) is 0 Å². The van der Waals surface area contributed by atoms with E-state index < -0.39 is 17.7 Å². The maximum atomic E-state index is 12.9. The number of nitrogens with zero attached hydrogens (tertiary/aromatic N) is 2. The first-order valence-electron chi connectivity index (χ1n) is 10.2. The number of alkyl halides is 3. The van der Waals surface area contributed by atoms with Crippen LogP contribution in [0.25, 0.3) is 15.8 Å². The Morgan fingerprint density at radius 1 is 1.15 bits per heavy atom. The van der Waals surface area contributed by atoms with Crippen molar-refractivity contribution in [3.8, 4) is 5.69 Å². The Balaban J connectivity index is 1.54. The predicted molar refractivity (Wildman–Crippen MR) is 125 cm³/mol. The first-order valence-corrected chi connectivity index (χ1v) is 12.1. The van der Waals surface area contributed by atoms with Crippen molar-refractivity contribution in [2.45, 2.75) is 43.0 Å². The number of thioether (sulfide) groups is 1. The molecular weight excluding hydrogens is 469 g/mol. The molecule has 1 N–H and O–H groups in total. The van der Waals surface area contributed by atoms with Crippen LogP contribution in [0, 0.1) is 0 Å². The lowest BCUT2D eigenvalue weighted by Gasteiger charge is -2.07. The van der Waals surface area contributed by atoms with Gasteiger partial charge >= 0.3 is 12.1 Å². The number of fused-ring (bicyclic) bond motifs is 1.